The van der Waals surface area contributed by atoms with E-state index in [9.17, 15) is 14.7 Å². The maximum atomic E-state index is 13.0. The molecule has 0 bridgehead atoms. The standard InChI is InChI=1S/C27H28N2O5/c1-26(2,3)17-11-13-21-20(14-17)28-22(34-21)15-33-23-18-9-7-6-8-16(18)10-12-19(23)24(30)29-27(4,5)25(31)32/h6-14H,15H2,1-5H3,(H,29,30)(H,31,32). The van der Waals surface area contributed by atoms with E-state index in [1.807, 2.05) is 42.5 Å². The lowest BCUT2D eigenvalue weighted by molar-refractivity contribution is -0.143. The highest BCUT2D eigenvalue weighted by atomic mass is 16.5. The average Bonchev–Trinajstić information content (AvgIpc) is 3.18. The second kappa shape index (κ2) is 8.48. The van der Waals surface area contributed by atoms with E-state index >= 15 is 0 Å². The summed E-state index contributed by atoms with van der Waals surface area (Å²) in [7, 11) is 0. The molecule has 1 heterocycles. The quantitative estimate of drug-likeness (QED) is 0.397. The number of hydrogen-bond donors (Lipinski definition) is 2. The number of oxazole rings is 1. The first-order chi connectivity index (χ1) is 16.0. The van der Waals surface area contributed by atoms with Crippen LogP contribution in [-0.2, 0) is 16.8 Å². The van der Waals surface area contributed by atoms with Gasteiger partial charge in [-0.2, -0.15) is 0 Å². The Bertz CT molecular complexity index is 1400. The molecule has 0 aliphatic rings. The van der Waals surface area contributed by atoms with Gasteiger partial charge in [-0.15, -0.1) is 0 Å². The number of carbonyl (C=O) groups excluding carboxylic acids is 1. The van der Waals surface area contributed by atoms with Gasteiger partial charge in [0, 0.05) is 5.39 Å². The number of aromatic nitrogens is 1. The van der Waals surface area contributed by atoms with Gasteiger partial charge in [-0.1, -0.05) is 57.2 Å². The van der Waals surface area contributed by atoms with Crippen LogP contribution in [0.1, 0.15) is 56.4 Å². The molecule has 2 N–H and O–H groups in total. The fourth-order valence-corrected chi connectivity index (χ4v) is 3.62. The molecule has 0 radical (unpaired) electrons. The molecule has 7 heteroatoms. The molecule has 0 saturated carbocycles. The number of carbonyl (C=O) groups is 2. The number of carboxylic acids is 1. The van der Waals surface area contributed by atoms with Crippen LogP contribution in [-0.4, -0.2) is 27.5 Å². The third-order valence-corrected chi connectivity index (χ3v) is 5.72. The van der Waals surface area contributed by atoms with E-state index in [1.54, 1.807) is 12.1 Å². The van der Waals surface area contributed by atoms with Crippen molar-refractivity contribution in [2.45, 2.75) is 52.2 Å². The first kappa shape index (κ1) is 23.3. The van der Waals surface area contributed by atoms with Crippen LogP contribution < -0.4 is 10.1 Å². The van der Waals surface area contributed by atoms with Gasteiger partial charge in [0.1, 0.15) is 16.8 Å². The van der Waals surface area contributed by atoms with E-state index in [-0.39, 0.29) is 17.6 Å². The van der Waals surface area contributed by atoms with Gasteiger partial charge in [0.25, 0.3) is 5.91 Å². The van der Waals surface area contributed by atoms with E-state index in [4.69, 9.17) is 9.15 Å². The van der Waals surface area contributed by atoms with Crippen molar-refractivity contribution in [3.63, 3.8) is 0 Å². The van der Waals surface area contributed by atoms with Gasteiger partial charge in [0.15, 0.2) is 12.2 Å². The lowest BCUT2D eigenvalue weighted by Gasteiger charge is -2.22. The van der Waals surface area contributed by atoms with Gasteiger partial charge in [-0.25, -0.2) is 9.78 Å². The number of benzene rings is 3. The molecule has 0 saturated heterocycles. The zero-order valence-electron chi connectivity index (χ0n) is 19.9. The van der Waals surface area contributed by atoms with Crippen molar-refractivity contribution in [1.29, 1.82) is 0 Å². The van der Waals surface area contributed by atoms with E-state index in [0.717, 1.165) is 21.9 Å². The third kappa shape index (κ3) is 4.59. The molecular formula is C27H28N2O5. The summed E-state index contributed by atoms with van der Waals surface area (Å²) >= 11 is 0. The summed E-state index contributed by atoms with van der Waals surface area (Å²) in [5.41, 5.74) is 1.33. The fourth-order valence-electron chi connectivity index (χ4n) is 3.62. The molecular weight excluding hydrogens is 432 g/mol. The molecule has 176 valence electrons. The minimum Gasteiger partial charge on any atom is -0.482 e. The van der Waals surface area contributed by atoms with Crippen molar-refractivity contribution < 1.29 is 23.8 Å². The maximum absolute atomic E-state index is 13.0. The zero-order chi connectivity index (χ0) is 24.7. The minimum atomic E-state index is -1.44. The number of hydrogen-bond acceptors (Lipinski definition) is 5. The maximum Gasteiger partial charge on any atom is 0.328 e. The summed E-state index contributed by atoms with van der Waals surface area (Å²) < 4.78 is 12.0. The van der Waals surface area contributed by atoms with E-state index in [0.29, 0.717) is 17.2 Å². The molecule has 3 aromatic carbocycles. The van der Waals surface area contributed by atoms with Crippen molar-refractivity contribution in [2.24, 2.45) is 0 Å². The van der Waals surface area contributed by atoms with Crippen LogP contribution in [0.25, 0.3) is 21.9 Å². The molecule has 1 amide bonds. The van der Waals surface area contributed by atoms with Crippen LogP contribution in [0, 0.1) is 0 Å². The van der Waals surface area contributed by atoms with Crippen LogP contribution in [0.15, 0.2) is 59.0 Å². The van der Waals surface area contributed by atoms with Crippen molar-refractivity contribution in [3.8, 4) is 5.75 Å². The first-order valence-electron chi connectivity index (χ1n) is 11.1. The zero-order valence-corrected chi connectivity index (χ0v) is 19.9. The van der Waals surface area contributed by atoms with Gasteiger partial charge in [-0.3, -0.25) is 4.79 Å². The second-order valence-electron chi connectivity index (χ2n) is 9.88. The van der Waals surface area contributed by atoms with E-state index in [1.165, 1.54) is 13.8 Å². The molecule has 0 aliphatic heterocycles. The molecule has 0 atom stereocenters. The second-order valence-corrected chi connectivity index (χ2v) is 9.88. The Morgan fingerprint density at radius 2 is 1.76 bits per heavy atom. The van der Waals surface area contributed by atoms with Gasteiger partial charge < -0.3 is 19.6 Å². The number of fused-ring (bicyclic) bond motifs is 2. The van der Waals surface area contributed by atoms with Crippen molar-refractivity contribution in [2.75, 3.05) is 0 Å². The predicted molar refractivity (Wildman–Crippen MR) is 130 cm³/mol. The number of rotatable bonds is 6. The van der Waals surface area contributed by atoms with Crippen LogP contribution in [0.5, 0.6) is 5.75 Å². The highest BCUT2D eigenvalue weighted by Crippen LogP contribution is 2.32. The van der Waals surface area contributed by atoms with Crippen LogP contribution in [0.2, 0.25) is 0 Å². The molecule has 7 nitrogen and oxygen atoms in total. The highest BCUT2D eigenvalue weighted by molar-refractivity contribution is 6.05. The Hall–Kier alpha value is -3.87. The van der Waals surface area contributed by atoms with Crippen molar-refractivity contribution in [1.82, 2.24) is 10.3 Å². The highest BCUT2D eigenvalue weighted by Gasteiger charge is 2.30. The van der Waals surface area contributed by atoms with Gasteiger partial charge >= 0.3 is 5.97 Å². The summed E-state index contributed by atoms with van der Waals surface area (Å²) in [6, 6.07) is 16.9. The lowest BCUT2D eigenvalue weighted by Crippen LogP contribution is -2.49. The Balaban J connectivity index is 1.67. The SMILES string of the molecule is CC(C)(NC(=O)c1ccc2ccccc2c1OCc1nc2cc(C(C)(C)C)ccc2o1)C(=O)O. The topological polar surface area (TPSA) is 102 Å². The van der Waals surface area contributed by atoms with Crippen LogP contribution in [0.4, 0.5) is 0 Å². The number of amides is 1. The number of ether oxygens (including phenoxy) is 1. The molecule has 4 rings (SSSR count). The van der Waals surface area contributed by atoms with E-state index in [2.05, 4.69) is 31.1 Å². The number of nitrogens with one attached hydrogen (secondary N) is 1. The summed E-state index contributed by atoms with van der Waals surface area (Å²) in [5, 5.41) is 13.6. The number of aliphatic carboxylic acids is 1. The monoisotopic (exact) mass is 460 g/mol. The number of nitrogens with zero attached hydrogens (tertiary/aromatic N) is 1. The summed E-state index contributed by atoms with van der Waals surface area (Å²) in [5.74, 6) is -0.952. The largest absolute Gasteiger partial charge is 0.482 e. The molecule has 0 spiro atoms. The van der Waals surface area contributed by atoms with Crippen LogP contribution in [0.3, 0.4) is 0 Å². The van der Waals surface area contributed by atoms with Gasteiger partial charge in [0.05, 0.1) is 5.56 Å². The average molecular weight is 461 g/mol. The van der Waals surface area contributed by atoms with Gasteiger partial charge in [-0.05, 0) is 48.4 Å². The third-order valence-electron chi connectivity index (χ3n) is 5.72. The Morgan fingerprint density at radius 3 is 2.47 bits per heavy atom. The molecule has 0 aliphatic carbocycles. The summed E-state index contributed by atoms with van der Waals surface area (Å²) in [6.45, 7) is 9.28. The fraction of sp³-hybridized carbons (Fsp3) is 0.296. The van der Waals surface area contributed by atoms with Crippen molar-refractivity contribution >= 4 is 33.7 Å². The van der Waals surface area contributed by atoms with E-state index < -0.39 is 17.4 Å². The predicted octanol–water partition coefficient (Wildman–Crippen LogP) is 5.45. The smallest absolute Gasteiger partial charge is 0.328 e. The van der Waals surface area contributed by atoms with Crippen LogP contribution >= 0.6 is 0 Å². The lowest BCUT2D eigenvalue weighted by atomic mass is 9.87. The Labute approximate surface area is 197 Å². The molecule has 4 aromatic rings. The summed E-state index contributed by atoms with van der Waals surface area (Å²) in [6.07, 6.45) is 0. The molecule has 34 heavy (non-hydrogen) atoms. The molecule has 0 fully saturated rings. The first-order valence-corrected chi connectivity index (χ1v) is 11.1. The normalized spacial score (nSPS) is 12.1. The summed E-state index contributed by atoms with van der Waals surface area (Å²) in [4.78, 5) is 29.1. The Morgan fingerprint density at radius 1 is 1.03 bits per heavy atom. The van der Waals surface area contributed by atoms with Crippen molar-refractivity contribution in [3.05, 3.63) is 71.6 Å². The minimum absolute atomic E-state index is 0.0101. The number of carboxylic acid groups (broad SMARTS) is 1. The Kier molecular flexibility index (Phi) is 5.81. The molecule has 1 aromatic heterocycles. The van der Waals surface area contributed by atoms with Gasteiger partial charge in [0.2, 0.25) is 5.89 Å². The molecule has 0 unspecified atom stereocenters.